The molecule has 0 amide bonds. The summed E-state index contributed by atoms with van der Waals surface area (Å²) in [4.78, 5) is 2.57. The molecule has 1 N–H and O–H groups in total. The lowest BCUT2D eigenvalue weighted by Gasteiger charge is -2.38. The van der Waals surface area contributed by atoms with E-state index in [4.69, 9.17) is 5.10 Å². The monoisotopic (exact) mass is 286 g/mol. The minimum Gasteiger partial charge on any atom is -0.317 e. The summed E-state index contributed by atoms with van der Waals surface area (Å²) in [6.45, 7) is 5.60. The van der Waals surface area contributed by atoms with Crippen molar-refractivity contribution in [3.8, 4) is 0 Å². The topological polar surface area (TPSA) is 33.1 Å². The van der Waals surface area contributed by atoms with Gasteiger partial charge < -0.3 is 5.32 Å². The number of hydrogen-bond donors (Lipinski definition) is 1. The van der Waals surface area contributed by atoms with E-state index < -0.39 is 0 Å². The molecule has 2 heterocycles. The molecule has 1 aromatic heterocycles. The van der Waals surface area contributed by atoms with E-state index in [1.807, 2.05) is 11.7 Å². The van der Waals surface area contributed by atoms with Crippen molar-refractivity contribution in [1.82, 2.24) is 20.0 Å². The van der Waals surface area contributed by atoms with Crippen LogP contribution in [0.1, 0.15) is 25.5 Å². The van der Waals surface area contributed by atoms with Gasteiger partial charge in [-0.1, -0.05) is 31.5 Å². The summed E-state index contributed by atoms with van der Waals surface area (Å²) in [5.41, 5.74) is 2.44. The van der Waals surface area contributed by atoms with Crippen LogP contribution in [0, 0.1) is 5.92 Å². The van der Waals surface area contributed by atoms with Crippen LogP contribution in [0.3, 0.4) is 0 Å². The first-order valence-corrected chi connectivity index (χ1v) is 8.03. The van der Waals surface area contributed by atoms with Crippen LogP contribution in [-0.2, 0) is 13.6 Å². The van der Waals surface area contributed by atoms with Crippen LogP contribution in [0.5, 0.6) is 0 Å². The summed E-state index contributed by atoms with van der Waals surface area (Å²) < 4.78 is 2.00. The molecule has 0 saturated carbocycles. The zero-order valence-electron chi connectivity index (χ0n) is 13.3. The molecule has 0 spiro atoms. The van der Waals surface area contributed by atoms with Gasteiger partial charge in [0.2, 0.25) is 0 Å². The maximum Gasteiger partial charge on any atom is 0.0843 e. The number of nitrogens with one attached hydrogen (secondary N) is 1. The fourth-order valence-corrected chi connectivity index (χ4v) is 3.66. The van der Waals surface area contributed by atoms with Gasteiger partial charge in [0, 0.05) is 38.1 Å². The third-order valence-electron chi connectivity index (χ3n) is 4.92. The lowest BCUT2D eigenvalue weighted by molar-refractivity contribution is 0.131. The average molecular weight is 286 g/mol. The maximum atomic E-state index is 4.73. The van der Waals surface area contributed by atoms with Gasteiger partial charge in [-0.05, 0) is 25.5 Å². The van der Waals surface area contributed by atoms with Gasteiger partial charge in [0.05, 0.1) is 11.2 Å². The number of rotatable bonds is 4. The molecular formula is C17H26N4. The Hall–Kier alpha value is -1.39. The first-order chi connectivity index (χ1) is 10.2. The van der Waals surface area contributed by atoms with E-state index in [0.29, 0.717) is 6.04 Å². The molecule has 2 atom stereocenters. The molecule has 0 bridgehead atoms. The number of nitrogens with zero attached hydrogens (tertiary/aromatic N) is 3. The summed E-state index contributed by atoms with van der Waals surface area (Å²) >= 11 is 0. The van der Waals surface area contributed by atoms with E-state index in [0.717, 1.165) is 19.0 Å². The zero-order chi connectivity index (χ0) is 14.8. The molecule has 3 rings (SSSR count). The summed E-state index contributed by atoms with van der Waals surface area (Å²) in [6, 6.07) is 9.20. The summed E-state index contributed by atoms with van der Waals surface area (Å²) in [5.74, 6) is 0.749. The van der Waals surface area contributed by atoms with Gasteiger partial charge >= 0.3 is 0 Å². The normalized spacial score (nSPS) is 23.8. The molecule has 114 valence electrons. The Morgan fingerprint density at radius 3 is 2.90 bits per heavy atom. The highest BCUT2D eigenvalue weighted by atomic mass is 15.3. The van der Waals surface area contributed by atoms with Crippen LogP contribution in [-0.4, -0.2) is 40.9 Å². The third kappa shape index (κ3) is 2.83. The highest BCUT2D eigenvalue weighted by Gasteiger charge is 2.27. The minimum atomic E-state index is 0.673. The number of hydrogen-bond acceptors (Lipinski definition) is 3. The highest BCUT2D eigenvalue weighted by molar-refractivity contribution is 5.81. The predicted octanol–water partition coefficient (Wildman–Crippen LogP) is 2.39. The van der Waals surface area contributed by atoms with Crippen molar-refractivity contribution >= 4 is 10.9 Å². The van der Waals surface area contributed by atoms with Crippen LogP contribution in [0.2, 0.25) is 0 Å². The molecule has 1 aromatic carbocycles. The zero-order valence-corrected chi connectivity index (χ0v) is 13.3. The largest absolute Gasteiger partial charge is 0.317 e. The van der Waals surface area contributed by atoms with Crippen molar-refractivity contribution in [2.75, 3.05) is 20.1 Å². The number of fused-ring (bicyclic) bond motifs is 1. The fourth-order valence-electron chi connectivity index (χ4n) is 3.66. The van der Waals surface area contributed by atoms with Crippen molar-refractivity contribution in [2.45, 2.75) is 32.4 Å². The summed E-state index contributed by atoms with van der Waals surface area (Å²) in [5, 5.41) is 9.51. The highest BCUT2D eigenvalue weighted by Crippen LogP contribution is 2.24. The van der Waals surface area contributed by atoms with Gasteiger partial charge in [-0.2, -0.15) is 5.10 Å². The first-order valence-electron chi connectivity index (χ1n) is 8.03. The van der Waals surface area contributed by atoms with Crippen LogP contribution >= 0.6 is 0 Å². The van der Waals surface area contributed by atoms with E-state index in [1.54, 1.807) is 0 Å². The van der Waals surface area contributed by atoms with Crippen molar-refractivity contribution in [3.05, 3.63) is 30.0 Å². The Morgan fingerprint density at radius 1 is 1.33 bits per heavy atom. The van der Waals surface area contributed by atoms with Gasteiger partial charge in [0.25, 0.3) is 0 Å². The van der Waals surface area contributed by atoms with Gasteiger partial charge in [-0.15, -0.1) is 0 Å². The molecular weight excluding hydrogens is 260 g/mol. The van der Waals surface area contributed by atoms with Crippen LogP contribution in [0.4, 0.5) is 0 Å². The van der Waals surface area contributed by atoms with Crippen molar-refractivity contribution in [1.29, 1.82) is 0 Å². The second-order valence-electron chi connectivity index (χ2n) is 6.17. The number of piperidine rings is 1. The summed E-state index contributed by atoms with van der Waals surface area (Å²) in [6.07, 6.45) is 2.48. The molecule has 0 aliphatic carbocycles. The minimum absolute atomic E-state index is 0.673. The molecule has 2 unspecified atom stereocenters. The molecule has 1 aliphatic rings. The molecule has 21 heavy (non-hydrogen) atoms. The van der Waals surface area contributed by atoms with Gasteiger partial charge in [0.15, 0.2) is 0 Å². The molecule has 1 saturated heterocycles. The van der Waals surface area contributed by atoms with Crippen molar-refractivity contribution in [3.63, 3.8) is 0 Å². The molecule has 1 fully saturated rings. The second kappa shape index (κ2) is 6.16. The average Bonchev–Trinajstić information content (AvgIpc) is 2.84. The fraction of sp³-hybridized carbons (Fsp3) is 0.588. The number of para-hydroxylation sites is 1. The van der Waals surface area contributed by atoms with E-state index in [1.165, 1.54) is 36.0 Å². The Balaban J connectivity index is 1.77. The van der Waals surface area contributed by atoms with Crippen LogP contribution in [0.25, 0.3) is 10.9 Å². The van der Waals surface area contributed by atoms with Gasteiger partial charge in [-0.3, -0.25) is 9.58 Å². The van der Waals surface area contributed by atoms with Gasteiger partial charge in [0.1, 0.15) is 0 Å². The Kier molecular flexibility index (Phi) is 4.27. The van der Waals surface area contributed by atoms with E-state index >= 15 is 0 Å². The Labute approximate surface area is 127 Å². The Bertz CT molecular complexity index is 604. The number of aryl methyl sites for hydroxylation is 1. The number of aromatic nitrogens is 2. The summed E-state index contributed by atoms with van der Waals surface area (Å²) in [7, 11) is 4.13. The maximum absolute atomic E-state index is 4.73. The lowest BCUT2D eigenvalue weighted by Crippen LogP contribution is -2.47. The number of likely N-dealkylation sites (tertiary alicyclic amines) is 1. The molecule has 4 nitrogen and oxygen atoms in total. The van der Waals surface area contributed by atoms with E-state index in [9.17, 15) is 0 Å². The van der Waals surface area contributed by atoms with Gasteiger partial charge in [-0.25, -0.2) is 0 Å². The standard InChI is InChI=1S/C17H26N4/c1-4-13-11-21(10-9-15(13)18-2)12-16-14-7-5-6-8-17(14)20(3)19-16/h5-8,13,15,18H,4,9-12H2,1-3H3. The smallest absolute Gasteiger partial charge is 0.0843 e. The third-order valence-corrected chi connectivity index (χ3v) is 4.92. The first kappa shape index (κ1) is 14.5. The van der Waals surface area contributed by atoms with E-state index in [2.05, 4.69) is 48.5 Å². The molecule has 4 heteroatoms. The quantitative estimate of drug-likeness (QED) is 0.937. The van der Waals surface area contributed by atoms with E-state index in [-0.39, 0.29) is 0 Å². The molecule has 1 aliphatic heterocycles. The molecule has 2 aromatic rings. The predicted molar refractivity (Wildman–Crippen MR) is 87.2 cm³/mol. The lowest BCUT2D eigenvalue weighted by atomic mass is 9.90. The number of benzene rings is 1. The second-order valence-corrected chi connectivity index (χ2v) is 6.17. The molecule has 0 radical (unpaired) electrons. The van der Waals surface area contributed by atoms with Crippen molar-refractivity contribution < 1.29 is 0 Å². The Morgan fingerprint density at radius 2 is 2.14 bits per heavy atom. The SMILES string of the molecule is CCC1CN(Cc2nn(C)c3ccccc23)CCC1NC. The van der Waals surface area contributed by atoms with Crippen LogP contribution in [0.15, 0.2) is 24.3 Å². The van der Waals surface area contributed by atoms with Crippen molar-refractivity contribution in [2.24, 2.45) is 13.0 Å². The van der Waals surface area contributed by atoms with Crippen LogP contribution < -0.4 is 5.32 Å².